The number of imidazole rings is 1. The van der Waals surface area contributed by atoms with Crippen molar-refractivity contribution in [1.29, 1.82) is 0 Å². The minimum atomic E-state index is -0.243. The highest BCUT2D eigenvalue weighted by Crippen LogP contribution is 2.15. The molecule has 2 aromatic heterocycles. The van der Waals surface area contributed by atoms with E-state index in [9.17, 15) is 4.39 Å². The van der Waals surface area contributed by atoms with Crippen LogP contribution in [0.3, 0.4) is 0 Å². The summed E-state index contributed by atoms with van der Waals surface area (Å²) in [6.45, 7) is 2.49. The Hall–Kier alpha value is -2.01. The summed E-state index contributed by atoms with van der Waals surface area (Å²) in [5.74, 6) is -0.243. The first-order chi connectivity index (χ1) is 9.13. The van der Waals surface area contributed by atoms with E-state index in [0.29, 0.717) is 11.3 Å². The van der Waals surface area contributed by atoms with Crippen molar-refractivity contribution in [3.05, 3.63) is 58.2 Å². The summed E-state index contributed by atoms with van der Waals surface area (Å²) in [5.41, 5.74) is 3.63. The highest BCUT2D eigenvalue weighted by molar-refractivity contribution is 7.71. The van der Waals surface area contributed by atoms with Gasteiger partial charge < -0.3 is 4.98 Å². The molecular formula is C14H12FN3S. The number of pyridine rings is 1. The number of hydrogen-bond acceptors (Lipinski definition) is 2. The van der Waals surface area contributed by atoms with E-state index in [1.807, 2.05) is 23.6 Å². The van der Waals surface area contributed by atoms with Gasteiger partial charge in [-0.1, -0.05) is 12.1 Å². The summed E-state index contributed by atoms with van der Waals surface area (Å²) in [5, 5.41) is 0. The highest BCUT2D eigenvalue weighted by Gasteiger charge is 2.07. The largest absolute Gasteiger partial charge is 0.329 e. The molecule has 19 heavy (non-hydrogen) atoms. The number of hydrogen-bond donors (Lipinski definition) is 1. The molecule has 0 radical (unpaired) electrons. The van der Waals surface area contributed by atoms with Gasteiger partial charge in [0.15, 0.2) is 10.4 Å². The molecule has 0 unspecified atom stereocenters. The van der Waals surface area contributed by atoms with Crippen LogP contribution >= 0.6 is 12.2 Å². The second-order valence-corrected chi connectivity index (χ2v) is 4.92. The zero-order valence-electron chi connectivity index (χ0n) is 10.4. The molecule has 3 rings (SSSR count). The molecule has 0 aliphatic carbocycles. The van der Waals surface area contributed by atoms with Gasteiger partial charge >= 0.3 is 0 Å². The fraction of sp³-hybridized carbons (Fsp3) is 0.143. The molecule has 5 heteroatoms. The molecule has 0 aliphatic heterocycles. The summed E-state index contributed by atoms with van der Waals surface area (Å²) in [4.78, 5) is 7.52. The monoisotopic (exact) mass is 273 g/mol. The van der Waals surface area contributed by atoms with Crippen LogP contribution in [0.4, 0.5) is 4.39 Å². The lowest BCUT2D eigenvalue weighted by Gasteiger charge is -2.04. The van der Waals surface area contributed by atoms with Gasteiger partial charge in [-0.15, -0.1) is 0 Å². The van der Waals surface area contributed by atoms with Crippen molar-refractivity contribution in [1.82, 2.24) is 14.5 Å². The van der Waals surface area contributed by atoms with E-state index in [-0.39, 0.29) is 5.82 Å². The molecule has 0 saturated heterocycles. The average Bonchev–Trinajstić information content (AvgIpc) is 2.65. The van der Waals surface area contributed by atoms with Crippen LogP contribution in [-0.2, 0) is 6.54 Å². The van der Waals surface area contributed by atoms with Gasteiger partial charge in [0.25, 0.3) is 0 Å². The van der Waals surface area contributed by atoms with Crippen molar-refractivity contribution < 1.29 is 4.39 Å². The van der Waals surface area contributed by atoms with Crippen molar-refractivity contribution in [2.75, 3.05) is 0 Å². The van der Waals surface area contributed by atoms with Crippen LogP contribution in [0.15, 0.2) is 36.5 Å². The number of nitrogens with zero attached hydrogens (tertiary/aromatic N) is 2. The van der Waals surface area contributed by atoms with E-state index in [4.69, 9.17) is 12.2 Å². The second kappa shape index (κ2) is 4.59. The van der Waals surface area contributed by atoms with Crippen LogP contribution < -0.4 is 0 Å². The number of halogens is 1. The standard InChI is InChI=1S/C14H12FN3S/c1-9-5-12-13(16-7-9)18(14(19)17-12)8-10-3-2-4-11(15)6-10/h2-7H,8H2,1H3,(H,17,19). The fourth-order valence-corrected chi connectivity index (χ4v) is 2.37. The molecule has 0 atom stereocenters. The van der Waals surface area contributed by atoms with Gasteiger partial charge in [-0.3, -0.25) is 4.57 Å². The summed E-state index contributed by atoms with van der Waals surface area (Å²) >= 11 is 5.30. The number of nitrogens with one attached hydrogen (secondary N) is 1. The molecule has 0 bridgehead atoms. The van der Waals surface area contributed by atoms with Crippen LogP contribution in [0.25, 0.3) is 11.2 Å². The summed E-state index contributed by atoms with van der Waals surface area (Å²) in [7, 11) is 0. The maximum absolute atomic E-state index is 13.2. The van der Waals surface area contributed by atoms with E-state index < -0.39 is 0 Å². The first-order valence-corrected chi connectivity index (χ1v) is 6.34. The van der Waals surface area contributed by atoms with Gasteiger partial charge in [-0.05, 0) is 48.5 Å². The van der Waals surface area contributed by atoms with E-state index in [1.54, 1.807) is 12.3 Å². The van der Waals surface area contributed by atoms with Gasteiger partial charge in [0.1, 0.15) is 5.82 Å². The molecule has 2 heterocycles. The molecule has 96 valence electrons. The molecule has 0 saturated carbocycles. The van der Waals surface area contributed by atoms with Gasteiger partial charge in [0.05, 0.1) is 12.1 Å². The number of aromatic amines is 1. The minimum absolute atomic E-state index is 0.243. The smallest absolute Gasteiger partial charge is 0.179 e. The zero-order chi connectivity index (χ0) is 13.4. The fourth-order valence-electron chi connectivity index (χ4n) is 2.11. The molecule has 0 amide bonds. The van der Waals surface area contributed by atoms with Crippen LogP contribution in [0.1, 0.15) is 11.1 Å². The lowest BCUT2D eigenvalue weighted by atomic mass is 10.2. The van der Waals surface area contributed by atoms with Gasteiger partial charge in [-0.2, -0.15) is 0 Å². The highest BCUT2D eigenvalue weighted by atomic mass is 32.1. The number of aromatic nitrogens is 3. The SMILES string of the molecule is Cc1cnc2c(c1)[nH]c(=S)n2Cc1cccc(F)c1. The lowest BCUT2D eigenvalue weighted by molar-refractivity contribution is 0.623. The Bertz CT molecular complexity index is 804. The first kappa shape index (κ1) is 12.0. The van der Waals surface area contributed by atoms with Gasteiger partial charge in [0, 0.05) is 6.20 Å². The number of H-pyrrole nitrogens is 1. The number of benzene rings is 1. The van der Waals surface area contributed by atoms with E-state index >= 15 is 0 Å². The molecule has 1 N–H and O–H groups in total. The van der Waals surface area contributed by atoms with Crippen LogP contribution in [0, 0.1) is 17.5 Å². The minimum Gasteiger partial charge on any atom is -0.329 e. The molecule has 0 fully saturated rings. The van der Waals surface area contributed by atoms with Gasteiger partial charge in [-0.25, -0.2) is 9.37 Å². The van der Waals surface area contributed by atoms with Crippen LogP contribution in [0.5, 0.6) is 0 Å². The Labute approximate surface area is 114 Å². The van der Waals surface area contributed by atoms with Crippen molar-refractivity contribution in [3.63, 3.8) is 0 Å². The molecule has 0 spiro atoms. The predicted molar refractivity (Wildman–Crippen MR) is 75.2 cm³/mol. The molecule has 3 aromatic rings. The Kier molecular flexibility index (Phi) is 2.91. The Morgan fingerprint density at radius 3 is 3.00 bits per heavy atom. The predicted octanol–water partition coefficient (Wildman–Crippen LogP) is 3.59. The number of fused-ring (bicyclic) bond motifs is 1. The zero-order valence-corrected chi connectivity index (χ0v) is 11.2. The van der Waals surface area contributed by atoms with E-state index in [2.05, 4.69) is 9.97 Å². The Morgan fingerprint density at radius 1 is 1.37 bits per heavy atom. The maximum atomic E-state index is 13.2. The van der Waals surface area contributed by atoms with Crippen molar-refractivity contribution in [3.8, 4) is 0 Å². The van der Waals surface area contributed by atoms with Crippen LogP contribution in [0.2, 0.25) is 0 Å². The third kappa shape index (κ3) is 2.29. The summed E-state index contributed by atoms with van der Waals surface area (Å²) in [6, 6.07) is 8.51. The molecule has 1 aromatic carbocycles. The Morgan fingerprint density at radius 2 is 2.21 bits per heavy atom. The van der Waals surface area contributed by atoms with E-state index in [0.717, 1.165) is 22.3 Å². The van der Waals surface area contributed by atoms with Crippen LogP contribution in [-0.4, -0.2) is 14.5 Å². The quantitative estimate of drug-likeness (QED) is 0.724. The molecular weight excluding hydrogens is 261 g/mol. The average molecular weight is 273 g/mol. The third-order valence-corrected chi connectivity index (χ3v) is 3.30. The second-order valence-electron chi connectivity index (χ2n) is 4.53. The third-order valence-electron chi connectivity index (χ3n) is 2.98. The molecule has 0 aliphatic rings. The lowest BCUT2D eigenvalue weighted by Crippen LogP contribution is -2.01. The van der Waals surface area contributed by atoms with Gasteiger partial charge in [0.2, 0.25) is 0 Å². The van der Waals surface area contributed by atoms with Crippen molar-refractivity contribution in [2.24, 2.45) is 0 Å². The number of rotatable bonds is 2. The van der Waals surface area contributed by atoms with Crippen molar-refractivity contribution >= 4 is 23.4 Å². The first-order valence-electron chi connectivity index (χ1n) is 5.93. The van der Waals surface area contributed by atoms with Crippen molar-refractivity contribution in [2.45, 2.75) is 13.5 Å². The topological polar surface area (TPSA) is 33.6 Å². The Balaban J connectivity index is 2.10. The summed E-state index contributed by atoms with van der Waals surface area (Å²) < 4.78 is 15.7. The maximum Gasteiger partial charge on any atom is 0.179 e. The van der Waals surface area contributed by atoms with E-state index in [1.165, 1.54) is 12.1 Å². The summed E-state index contributed by atoms with van der Waals surface area (Å²) in [6.07, 6.45) is 1.80. The normalized spacial score (nSPS) is 11.1. The molecule has 3 nitrogen and oxygen atoms in total. The number of aryl methyl sites for hydroxylation is 1.